The summed E-state index contributed by atoms with van der Waals surface area (Å²) in [4.78, 5) is 0. The minimum absolute atomic E-state index is 0.833. The van der Waals surface area contributed by atoms with E-state index in [4.69, 9.17) is 0 Å². The zero-order chi connectivity index (χ0) is 6.28. The van der Waals surface area contributed by atoms with E-state index in [1.807, 2.05) is 6.92 Å². The number of hydrogen-bond acceptors (Lipinski definition) is 0. The van der Waals surface area contributed by atoms with Crippen LogP contribution in [-0.4, -0.2) is 23.0 Å². The van der Waals surface area contributed by atoms with Crippen LogP contribution in [0.3, 0.4) is 0 Å². The molecular formula is C5H12BrLi. The standard InChI is InChI=1S/C3H7.C2H5Br.Li/c1-3-2;1-2-3;/h3H,1-2H3;2H2,1H3;. The SMILES string of the molecule is CCBr.[Li][CH](C)C. The molecule has 0 aromatic carbocycles. The van der Waals surface area contributed by atoms with E-state index in [2.05, 4.69) is 47.5 Å². The van der Waals surface area contributed by atoms with E-state index in [0.29, 0.717) is 0 Å². The number of halogens is 1. The Balaban J connectivity index is 0. The van der Waals surface area contributed by atoms with E-state index in [0.717, 1.165) is 9.92 Å². The van der Waals surface area contributed by atoms with Gasteiger partial charge in [-0.1, -0.05) is 22.9 Å². The van der Waals surface area contributed by atoms with Crippen LogP contribution in [0, 0.1) is 0 Å². The Labute approximate surface area is 64.4 Å². The molecule has 0 amide bonds. The van der Waals surface area contributed by atoms with Crippen molar-refractivity contribution in [3.63, 3.8) is 0 Å². The van der Waals surface area contributed by atoms with Gasteiger partial charge in [-0.2, -0.15) is 0 Å². The Morgan fingerprint density at radius 3 is 1.57 bits per heavy atom. The van der Waals surface area contributed by atoms with E-state index in [1.54, 1.807) is 0 Å². The van der Waals surface area contributed by atoms with Gasteiger partial charge < -0.3 is 0 Å². The van der Waals surface area contributed by atoms with Crippen molar-refractivity contribution in [1.82, 2.24) is 0 Å². The van der Waals surface area contributed by atoms with Crippen LogP contribution < -0.4 is 0 Å². The van der Waals surface area contributed by atoms with Crippen LogP contribution in [0.1, 0.15) is 20.8 Å². The van der Waals surface area contributed by atoms with Gasteiger partial charge in [0.25, 0.3) is 0 Å². The van der Waals surface area contributed by atoms with E-state index in [1.165, 1.54) is 0 Å². The summed E-state index contributed by atoms with van der Waals surface area (Å²) in [5, 5.41) is 1.06. The van der Waals surface area contributed by atoms with Gasteiger partial charge in [-0.05, 0) is 0 Å². The van der Waals surface area contributed by atoms with E-state index >= 15 is 0 Å². The summed E-state index contributed by atoms with van der Waals surface area (Å²) in [6.45, 7) is 6.38. The molecule has 40 valence electrons. The first kappa shape index (κ1) is 11.0. The molecule has 0 rings (SSSR count). The topological polar surface area (TPSA) is 0 Å². The Hall–Kier alpha value is 1.08. The first-order valence-corrected chi connectivity index (χ1v) is 3.83. The van der Waals surface area contributed by atoms with Crippen LogP contribution in [0.25, 0.3) is 0 Å². The predicted octanol–water partition coefficient (Wildman–Crippen LogP) is 2.38. The van der Waals surface area contributed by atoms with E-state index < -0.39 is 0 Å². The molecule has 0 nitrogen and oxygen atoms in total. The molecule has 0 aromatic heterocycles. The van der Waals surface area contributed by atoms with Crippen LogP contribution in [0.4, 0.5) is 0 Å². The molecule has 0 fully saturated rings. The predicted molar refractivity (Wildman–Crippen MR) is 40.3 cm³/mol. The van der Waals surface area contributed by atoms with Crippen LogP contribution >= 0.6 is 15.9 Å². The summed E-state index contributed by atoms with van der Waals surface area (Å²) in [7, 11) is 0. The van der Waals surface area contributed by atoms with Crippen LogP contribution in [0.2, 0.25) is 4.59 Å². The number of hydrogen-bond donors (Lipinski definition) is 0. The summed E-state index contributed by atoms with van der Waals surface area (Å²) in [6.07, 6.45) is 0. The first-order chi connectivity index (χ1) is 3.15. The second-order valence-corrected chi connectivity index (χ2v) is 3.12. The molecule has 0 heterocycles. The normalized spacial score (nSPS) is 7.86. The van der Waals surface area contributed by atoms with Gasteiger partial charge in [0, 0.05) is 5.33 Å². The van der Waals surface area contributed by atoms with Gasteiger partial charge in [-0.25, -0.2) is 0 Å². The van der Waals surface area contributed by atoms with Gasteiger partial charge >= 0.3 is 36.2 Å². The third kappa shape index (κ3) is 157. The van der Waals surface area contributed by atoms with Crippen LogP contribution in [0.15, 0.2) is 0 Å². The van der Waals surface area contributed by atoms with E-state index in [-0.39, 0.29) is 0 Å². The quantitative estimate of drug-likeness (QED) is 0.376. The molecule has 0 aromatic rings. The Morgan fingerprint density at radius 1 is 1.57 bits per heavy atom. The van der Waals surface area contributed by atoms with Crippen molar-refractivity contribution in [3.05, 3.63) is 0 Å². The Morgan fingerprint density at radius 2 is 1.57 bits per heavy atom. The van der Waals surface area contributed by atoms with Crippen LogP contribution in [-0.2, 0) is 0 Å². The summed E-state index contributed by atoms with van der Waals surface area (Å²) in [6, 6.07) is 0. The van der Waals surface area contributed by atoms with Crippen molar-refractivity contribution in [1.29, 1.82) is 0 Å². The molecular weight excluding hydrogens is 147 g/mol. The molecule has 0 atom stereocenters. The Bertz CT molecular complexity index is 19.3. The molecule has 0 N–H and O–H groups in total. The fraction of sp³-hybridized carbons (Fsp3) is 1.00. The third-order valence-electron chi connectivity index (χ3n) is 0. The minimum atomic E-state index is 0.833. The molecule has 0 spiro atoms. The second kappa shape index (κ2) is 10.1. The molecule has 0 saturated carbocycles. The molecule has 0 saturated heterocycles. The monoisotopic (exact) mass is 158 g/mol. The maximum atomic E-state index is 3.15. The van der Waals surface area contributed by atoms with E-state index in [9.17, 15) is 0 Å². The summed E-state index contributed by atoms with van der Waals surface area (Å²) >= 11 is 5.31. The Kier molecular flexibility index (Phi) is 15.9. The third-order valence-corrected chi connectivity index (χ3v) is 0. The summed E-state index contributed by atoms with van der Waals surface area (Å²) in [5.74, 6) is 0. The van der Waals surface area contributed by atoms with Crippen molar-refractivity contribution in [3.8, 4) is 0 Å². The van der Waals surface area contributed by atoms with Crippen LogP contribution in [0.5, 0.6) is 0 Å². The van der Waals surface area contributed by atoms with Gasteiger partial charge in [0.15, 0.2) is 0 Å². The summed E-state index contributed by atoms with van der Waals surface area (Å²) < 4.78 is 0.833. The van der Waals surface area contributed by atoms with Crippen molar-refractivity contribution in [2.24, 2.45) is 0 Å². The number of rotatable bonds is 0. The van der Waals surface area contributed by atoms with Crippen molar-refractivity contribution in [2.75, 3.05) is 5.33 Å². The molecule has 0 aliphatic heterocycles. The van der Waals surface area contributed by atoms with Crippen molar-refractivity contribution in [2.45, 2.75) is 25.4 Å². The van der Waals surface area contributed by atoms with Gasteiger partial charge in [-0.3, -0.25) is 0 Å². The zero-order valence-electron chi connectivity index (χ0n) is 5.66. The molecule has 0 radical (unpaired) electrons. The zero-order valence-corrected chi connectivity index (χ0v) is 7.25. The fourth-order valence-corrected chi connectivity index (χ4v) is 0. The van der Waals surface area contributed by atoms with Gasteiger partial charge in [0.1, 0.15) is 0 Å². The molecule has 7 heavy (non-hydrogen) atoms. The summed E-state index contributed by atoms with van der Waals surface area (Å²) in [5.41, 5.74) is 0. The fourth-order valence-electron chi connectivity index (χ4n) is 0. The molecule has 0 aliphatic carbocycles. The first-order valence-electron chi connectivity index (χ1n) is 2.71. The van der Waals surface area contributed by atoms with Crippen molar-refractivity contribution >= 4 is 33.6 Å². The van der Waals surface area contributed by atoms with Gasteiger partial charge in [0.2, 0.25) is 0 Å². The number of alkyl halides is 1. The average molecular weight is 159 g/mol. The maximum absolute atomic E-state index is 3.15. The molecule has 0 aliphatic rings. The van der Waals surface area contributed by atoms with Gasteiger partial charge in [0.05, 0.1) is 0 Å². The second-order valence-electron chi connectivity index (χ2n) is 2.00. The molecule has 0 unspecified atom stereocenters. The van der Waals surface area contributed by atoms with Gasteiger partial charge in [-0.15, -0.1) is 0 Å². The average Bonchev–Trinajstić information content (AvgIpc) is 1.33. The molecule has 2 heteroatoms. The molecule has 0 bridgehead atoms. The van der Waals surface area contributed by atoms with Crippen molar-refractivity contribution < 1.29 is 0 Å².